The zero-order valence-electron chi connectivity index (χ0n) is 16.1. The second kappa shape index (κ2) is 7.15. The summed E-state index contributed by atoms with van der Waals surface area (Å²) in [6.07, 6.45) is 5.68. The van der Waals surface area contributed by atoms with Crippen LogP contribution in [0.1, 0.15) is 26.2 Å². The van der Waals surface area contributed by atoms with Gasteiger partial charge in [-0.25, -0.2) is 9.97 Å². The third kappa shape index (κ3) is 2.97. The number of imidazole rings is 1. The number of anilines is 1. The molecule has 0 unspecified atom stereocenters. The maximum atomic E-state index is 5.60. The van der Waals surface area contributed by atoms with Gasteiger partial charge in [0.25, 0.3) is 0 Å². The van der Waals surface area contributed by atoms with Crippen molar-refractivity contribution in [2.75, 3.05) is 24.6 Å². The summed E-state index contributed by atoms with van der Waals surface area (Å²) in [7, 11) is 0. The van der Waals surface area contributed by atoms with Gasteiger partial charge in [0.05, 0.1) is 28.8 Å². The van der Waals surface area contributed by atoms with E-state index in [1.165, 1.54) is 30.3 Å². The molecule has 0 N–H and O–H groups in total. The fourth-order valence-electron chi connectivity index (χ4n) is 4.08. The summed E-state index contributed by atoms with van der Waals surface area (Å²) in [5, 5.41) is 1.18. The van der Waals surface area contributed by atoms with Gasteiger partial charge in [-0.3, -0.25) is 4.57 Å². The van der Waals surface area contributed by atoms with Crippen LogP contribution >= 0.6 is 0 Å². The van der Waals surface area contributed by atoms with Crippen LogP contribution in [-0.4, -0.2) is 34.2 Å². The van der Waals surface area contributed by atoms with E-state index in [4.69, 9.17) is 9.72 Å². The van der Waals surface area contributed by atoms with Gasteiger partial charge in [0.15, 0.2) is 0 Å². The Morgan fingerprint density at radius 1 is 1.00 bits per heavy atom. The topological polar surface area (TPSA) is 43.2 Å². The second-order valence-electron chi connectivity index (χ2n) is 7.26. The molecule has 4 aromatic rings. The molecular formula is C23H24N4O. The van der Waals surface area contributed by atoms with Crippen LogP contribution in [-0.2, 0) is 0 Å². The van der Waals surface area contributed by atoms with Crippen molar-refractivity contribution in [3.05, 3.63) is 54.9 Å². The first-order valence-electron chi connectivity index (χ1n) is 10.1. The molecule has 0 amide bonds. The molecule has 0 aliphatic carbocycles. The van der Waals surface area contributed by atoms with E-state index in [0.29, 0.717) is 6.61 Å². The number of hydrogen-bond donors (Lipinski definition) is 0. The van der Waals surface area contributed by atoms with E-state index in [0.717, 1.165) is 41.2 Å². The normalized spacial score (nSPS) is 14.7. The van der Waals surface area contributed by atoms with Crippen LogP contribution in [0, 0.1) is 0 Å². The van der Waals surface area contributed by atoms with Crippen LogP contribution in [0.4, 0.5) is 5.69 Å². The maximum absolute atomic E-state index is 5.60. The van der Waals surface area contributed by atoms with Crippen molar-refractivity contribution in [2.45, 2.75) is 26.2 Å². The van der Waals surface area contributed by atoms with Crippen molar-refractivity contribution in [1.82, 2.24) is 14.5 Å². The lowest BCUT2D eigenvalue weighted by molar-refractivity contribution is 0.340. The quantitative estimate of drug-likeness (QED) is 0.508. The van der Waals surface area contributed by atoms with Crippen LogP contribution in [0.2, 0.25) is 0 Å². The van der Waals surface area contributed by atoms with E-state index in [1.54, 1.807) is 0 Å². The lowest BCUT2D eigenvalue weighted by Gasteiger charge is -2.29. The highest BCUT2D eigenvalue weighted by atomic mass is 16.5. The summed E-state index contributed by atoms with van der Waals surface area (Å²) >= 11 is 0. The molecule has 0 radical (unpaired) electrons. The second-order valence-corrected chi connectivity index (χ2v) is 7.26. The molecule has 28 heavy (non-hydrogen) atoms. The lowest BCUT2D eigenvalue weighted by Crippen LogP contribution is -2.29. The molecule has 2 aromatic heterocycles. The van der Waals surface area contributed by atoms with Gasteiger partial charge in [0, 0.05) is 24.5 Å². The zero-order chi connectivity index (χ0) is 18.9. The first kappa shape index (κ1) is 17.0. The molecule has 1 saturated heterocycles. The SMILES string of the molecule is CCOc1ccc2c(c1)ncn2-c1ccc2cccc(N3CCCCC3)c2n1. The van der Waals surface area contributed by atoms with Crippen LogP contribution in [0.5, 0.6) is 5.75 Å². The minimum absolute atomic E-state index is 0.651. The molecular weight excluding hydrogens is 348 g/mol. The number of benzene rings is 2. The first-order chi connectivity index (χ1) is 13.8. The van der Waals surface area contributed by atoms with Crippen molar-refractivity contribution in [3.8, 4) is 11.6 Å². The van der Waals surface area contributed by atoms with E-state index in [1.807, 2.05) is 25.4 Å². The van der Waals surface area contributed by atoms with Gasteiger partial charge in [-0.05, 0) is 56.5 Å². The van der Waals surface area contributed by atoms with Gasteiger partial charge < -0.3 is 9.64 Å². The Morgan fingerprint density at radius 3 is 2.75 bits per heavy atom. The number of rotatable bonds is 4. The molecule has 0 spiro atoms. The Kier molecular flexibility index (Phi) is 4.35. The van der Waals surface area contributed by atoms with Crippen molar-refractivity contribution in [2.24, 2.45) is 0 Å². The van der Waals surface area contributed by atoms with Gasteiger partial charge in [0.1, 0.15) is 17.9 Å². The highest BCUT2D eigenvalue weighted by molar-refractivity contribution is 5.92. The minimum Gasteiger partial charge on any atom is -0.494 e. The number of piperidine rings is 1. The molecule has 142 valence electrons. The average molecular weight is 372 g/mol. The maximum Gasteiger partial charge on any atom is 0.139 e. The Balaban J connectivity index is 1.60. The Hall–Kier alpha value is -3.08. The largest absolute Gasteiger partial charge is 0.494 e. The van der Waals surface area contributed by atoms with Crippen molar-refractivity contribution >= 4 is 27.6 Å². The first-order valence-corrected chi connectivity index (χ1v) is 10.1. The lowest BCUT2D eigenvalue weighted by atomic mass is 10.1. The zero-order valence-corrected chi connectivity index (χ0v) is 16.1. The highest BCUT2D eigenvalue weighted by Crippen LogP contribution is 2.29. The summed E-state index contributed by atoms with van der Waals surface area (Å²) in [4.78, 5) is 12.1. The predicted molar refractivity (Wildman–Crippen MR) is 114 cm³/mol. The molecule has 1 fully saturated rings. The van der Waals surface area contributed by atoms with Gasteiger partial charge in [-0.15, -0.1) is 0 Å². The number of ether oxygens (including phenoxy) is 1. The van der Waals surface area contributed by atoms with E-state index < -0.39 is 0 Å². The van der Waals surface area contributed by atoms with E-state index in [9.17, 15) is 0 Å². The molecule has 5 nitrogen and oxygen atoms in total. The Morgan fingerprint density at radius 2 is 1.89 bits per heavy atom. The van der Waals surface area contributed by atoms with Crippen LogP contribution in [0.15, 0.2) is 54.9 Å². The van der Waals surface area contributed by atoms with Crippen LogP contribution < -0.4 is 9.64 Å². The summed E-state index contributed by atoms with van der Waals surface area (Å²) in [5.74, 6) is 1.74. The smallest absolute Gasteiger partial charge is 0.139 e. The predicted octanol–water partition coefficient (Wildman–Crippen LogP) is 4.96. The number of aromatic nitrogens is 3. The monoisotopic (exact) mass is 372 g/mol. The van der Waals surface area contributed by atoms with Crippen LogP contribution in [0.3, 0.4) is 0 Å². The third-order valence-corrected chi connectivity index (χ3v) is 5.46. The number of para-hydroxylation sites is 1. The van der Waals surface area contributed by atoms with Gasteiger partial charge in [-0.2, -0.15) is 0 Å². The highest BCUT2D eigenvalue weighted by Gasteiger charge is 2.15. The molecule has 0 atom stereocenters. The molecule has 5 heteroatoms. The van der Waals surface area contributed by atoms with Gasteiger partial charge in [-0.1, -0.05) is 12.1 Å². The fraction of sp³-hybridized carbons (Fsp3) is 0.304. The number of pyridine rings is 1. The van der Waals surface area contributed by atoms with Crippen molar-refractivity contribution in [1.29, 1.82) is 0 Å². The fourth-order valence-corrected chi connectivity index (χ4v) is 4.08. The van der Waals surface area contributed by atoms with E-state index in [2.05, 4.69) is 50.8 Å². The van der Waals surface area contributed by atoms with E-state index in [-0.39, 0.29) is 0 Å². The standard InChI is InChI=1S/C23H24N4O/c1-2-28-18-10-11-20-19(15-18)24-16-27(20)22-12-9-17-7-6-8-21(23(17)25-22)26-13-4-3-5-14-26/h6-12,15-16H,2-5,13-14H2,1H3. The molecule has 0 bridgehead atoms. The summed E-state index contributed by atoms with van der Waals surface area (Å²) in [6, 6.07) is 16.7. The number of hydrogen-bond acceptors (Lipinski definition) is 4. The van der Waals surface area contributed by atoms with Crippen molar-refractivity contribution < 1.29 is 4.74 Å². The van der Waals surface area contributed by atoms with Gasteiger partial charge in [0.2, 0.25) is 0 Å². The number of nitrogens with zero attached hydrogens (tertiary/aromatic N) is 4. The van der Waals surface area contributed by atoms with E-state index >= 15 is 0 Å². The minimum atomic E-state index is 0.651. The summed E-state index contributed by atoms with van der Waals surface area (Å²) < 4.78 is 7.65. The number of fused-ring (bicyclic) bond motifs is 2. The average Bonchev–Trinajstić information content (AvgIpc) is 3.17. The van der Waals surface area contributed by atoms with Crippen LogP contribution in [0.25, 0.3) is 27.8 Å². The Bertz CT molecular complexity index is 1130. The van der Waals surface area contributed by atoms with Crippen molar-refractivity contribution in [3.63, 3.8) is 0 Å². The third-order valence-electron chi connectivity index (χ3n) is 5.46. The summed E-state index contributed by atoms with van der Waals surface area (Å²) in [5.41, 5.74) is 4.25. The van der Waals surface area contributed by atoms with Gasteiger partial charge >= 0.3 is 0 Å². The molecule has 0 saturated carbocycles. The molecule has 5 rings (SSSR count). The summed E-state index contributed by atoms with van der Waals surface area (Å²) in [6.45, 7) is 4.86. The molecule has 2 aromatic carbocycles. The Labute approximate surface area is 164 Å². The molecule has 1 aliphatic rings. The molecule has 1 aliphatic heterocycles. The molecule has 3 heterocycles.